The van der Waals surface area contributed by atoms with Crippen LogP contribution in [-0.4, -0.2) is 21.2 Å². The number of aromatic nitrogens is 2. The smallest absolute Gasteiger partial charge is 0.435 e. The largest absolute Gasteiger partial charge is 0.507 e. The van der Waals surface area contributed by atoms with Gasteiger partial charge in [-0.05, 0) is 24.3 Å². The van der Waals surface area contributed by atoms with Gasteiger partial charge in [-0.25, -0.2) is 0 Å². The number of rotatable bonds is 2. The first kappa shape index (κ1) is 16.3. The third-order valence-corrected chi connectivity index (χ3v) is 3.00. The molecule has 5 nitrogen and oxygen atoms in total. The highest BCUT2D eigenvalue weighted by molar-refractivity contribution is 6.33. The van der Waals surface area contributed by atoms with E-state index in [4.69, 9.17) is 23.2 Å². The second-order valence-electron chi connectivity index (χ2n) is 4.04. The molecule has 0 saturated carbocycles. The van der Waals surface area contributed by atoms with Crippen LogP contribution in [0.2, 0.25) is 10.0 Å². The third kappa shape index (κ3) is 3.58. The highest BCUT2D eigenvalue weighted by Crippen LogP contribution is 2.31. The summed E-state index contributed by atoms with van der Waals surface area (Å²) in [6.45, 7) is 0. The summed E-state index contributed by atoms with van der Waals surface area (Å²) in [5.41, 5.74) is -1.48. The average Bonchev–Trinajstić information content (AvgIpc) is 2.42. The number of anilines is 1. The molecule has 1 amide bonds. The number of hydrogen-bond donors (Lipinski definition) is 2. The van der Waals surface area contributed by atoms with Gasteiger partial charge in [0.15, 0.2) is 11.5 Å². The minimum Gasteiger partial charge on any atom is -0.507 e. The lowest BCUT2D eigenvalue weighted by molar-refractivity contribution is -0.141. The number of carbonyl (C=O) groups excluding carboxylic acids is 1. The zero-order valence-corrected chi connectivity index (χ0v) is 12.0. The normalized spacial score (nSPS) is 11.3. The van der Waals surface area contributed by atoms with Crippen LogP contribution < -0.4 is 5.32 Å². The third-order valence-electron chi connectivity index (χ3n) is 2.47. The summed E-state index contributed by atoms with van der Waals surface area (Å²) in [6.07, 6.45) is -4.70. The van der Waals surface area contributed by atoms with Crippen LogP contribution in [0, 0.1) is 0 Å². The van der Waals surface area contributed by atoms with Gasteiger partial charge < -0.3 is 10.4 Å². The summed E-state index contributed by atoms with van der Waals surface area (Å²) >= 11 is 11.3. The van der Waals surface area contributed by atoms with Gasteiger partial charge in [-0.3, -0.25) is 4.79 Å². The van der Waals surface area contributed by atoms with Gasteiger partial charge in [-0.15, -0.1) is 10.2 Å². The molecule has 0 aliphatic heterocycles. The van der Waals surface area contributed by atoms with Crippen LogP contribution in [0.1, 0.15) is 16.1 Å². The van der Waals surface area contributed by atoms with Gasteiger partial charge in [0.25, 0.3) is 5.91 Å². The van der Waals surface area contributed by atoms with Crippen molar-refractivity contribution in [2.24, 2.45) is 0 Å². The van der Waals surface area contributed by atoms with E-state index < -0.39 is 22.8 Å². The Kier molecular flexibility index (Phi) is 4.43. The van der Waals surface area contributed by atoms with Crippen molar-refractivity contribution >= 4 is 34.9 Å². The second-order valence-corrected chi connectivity index (χ2v) is 4.88. The predicted molar refractivity (Wildman–Crippen MR) is 73.1 cm³/mol. The Labute approximate surface area is 131 Å². The Morgan fingerprint density at radius 1 is 1.18 bits per heavy atom. The molecule has 2 N–H and O–H groups in total. The number of nitrogens with one attached hydrogen (secondary N) is 1. The van der Waals surface area contributed by atoms with E-state index in [1.165, 1.54) is 18.2 Å². The molecule has 10 heteroatoms. The molecule has 0 unspecified atom stereocenters. The minimum absolute atomic E-state index is 0.188. The van der Waals surface area contributed by atoms with E-state index in [-0.39, 0.29) is 22.2 Å². The van der Waals surface area contributed by atoms with Crippen LogP contribution >= 0.6 is 23.2 Å². The fourth-order valence-electron chi connectivity index (χ4n) is 1.46. The number of phenols is 1. The molecule has 0 aliphatic carbocycles. The number of aromatic hydroxyl groups is 1. The molecule has 0 aliphatic rings. The van der Waals surface area contributed by atoms with Gasteiger partial charge in [-0.1, -0.05) is 23.2 Å². The molecular weight excluding hydrogens is 346 g/mol. The number of nitrogens with zero attached hydrogens (tertiary/aromatic N) is 2. The maximum atomic E-state index is 12.4. The molecule has 1 aromatic carbocycles. The molecule has 0 fully saturated rings. The molecule has 1 heterocycles. The minimum atomic E-state index is -4.70. The lowest BCUT2D eigenvalue weighted by Gasteiger charge is -2.09. The maximum Gasteiger partial charge on any atom is 0.435 e. The number of amides is 1. The van der Waals surface area contributed by atoms with Crippen LogP contribution in [0.5, 0.6) is 5.75 Å². The molecule has 0 radical (unpaired) electrons. The first-order valence-corrected chi connectivity index (χ1v) is 6.34. The number of hydrogen-bond acceptors (Lipinski definition) is 4. The summed E-state index contributed by atoms with van der Waals surface area (Å²) in [4.78, 5) is 11.9. The van der Waals surface area contributed by atoms with E-state index in [0.29, 0.717) is 6.07 Å². The van der Waals surface area contributed by atoms with E-state index in [1.54, 1.807) is 0 Å². The van der Waals surface area contributed by atoms with Gasteiger partial charge in [0.2, 0.25) is 0 Å². The highest BCUT2D eigenvalue weighted by atomic mass is 35.5. The Morgan fingerprint density at radius 3 is 2.45 bits per heavy atom. The van der Waals surface area contributed by atoms with Gasteiger partial charge in [0, 0.05) is 5.02 Å². The lowest BCUT2D eigenvalue weighted by atomic mass is 10.2. The second kappa shape index (κ2) is 5.98. The number of benzene rings is 1. The summed E-state index contributed by atoms with van der Waals surface area (Å²) in [5.74, 6) is -1.59. The molecule has 0 saturated heterocycles. The molecule has 22 heavy (non-hydrogen) atoms. The van der Waals surface area contributed by atoms with E-state index >= 15 is 0 Å². The van der Waals surface area contributed by atoms with Crippen molar-refractivity contribution in [1.29, 1.82) is 0 Å². The van der Waals surface area contributed by atoms with E-state index in [2.05, 4.69) is 15.5 Å². The fraction of sp³-hybridized carbons (Fsp3) is 0.0833. The summed E-state index contributed by atoms with van der Waals surface area (Å²) in [7, 11) is 0. The number of alkyl halides is 3. The monoisotopic (exact) mass is 351 g/mol. The number of phenolic OH excluding ortho intramolecular Hbond substituents is 1. The van der Waals surface area contributed by atoms with Crippen molar-refractivity contribution < 1.29 is 23.1 Å². The van der Waals surface area contributed by atoms with Crippen molar-refractivity contribution in [1.82, 2.24) is 10.2 Å². The molecule has 2 aromatic rings. The van der Waals surface area contributed by atoms with Crippen molar-refractivity contribution in [2.45, 2.75) is 6.18 Å². The Bertz CT molecular complexity index is 738. The molecule has 1 aromatic heterocycles. The van der Waals surface area contributed by atoms with Crippen LogP contribution in [0.3, 0.4) is 0 Å². The van der Waals surface area contributed by atoms with Crippen LogP contribution in [0.4, 0.5) is 19.0 Å². The SMILES string of the molecule is O=C(Nc1nnc(C(F)(F)F)cc1Cl)c1cc(Cl)ccc1O. The van der Waals surface area contributed by atoms with Crippen molar-refractivity contribution in [3.63, 3.8) is 0 Å². The zero-order chi connectivity index (χ0) is 16.5. The molecule has 0 spiro atoms. The summed E-state index contributed by atoms with van der Waals surface area (Å²) in [6, 6.07) is 4.26. The lowest BCUT2D eigenvalue weighted by Crippen LogP contribution is -2.16. The molecule has 0 atom stereocenters. The van der Waals surface area contributed by atoms with E-state index in [1.807, 2.05) is 0 Å². The fourth-order valence-corrected chi connectivity index (χ4v) is 1.82. The number of carbonyl (C=O) groups is 1. The molecular formula is C12H6Cl2F3N3O2. The topological polar surface area (TPSA) is 75.1 Å². The summed E-state index contributed by atoms with van der Waals surface area (Å²) < 4.78 is 37.3. The number of halogens is 5. The zero-order valence-electron chi connectivity index (χ0n) is 10.4. The standard InChI is InChI=1S/C12H6Cl2F3N3O2/c13-5-1-2-8(21)6(3-5)11(22)18-10-7(14)4-9(19-20-10)12(15,16)17/h1-4,21H,(H,18,20,22). The molecule has 116 valence electrons. The van der Waals surface area contributed by atoms with Gasteiger partial charge >= 0.3 is 6.18 Å². The van der Waals surface area contributed by atoms with Crippen LogP contribution in [0.15, 0.2) is 24.3 Å². The van der Waals surface area contributed by atoms with Gasteiger partial charge in [0.1, 0.15) is 5.75 Å². The average molecular weight is 352 g/mol. The van der Waals surface area contributed by atoms with Crippen LogP contribution in [-0.2, 0) is 6.18 Å². The maximum absolute atomic E-state index is 12.4. The van der Waals surface area contributed by atoms with Crippen molar-refractivity contribution in [3.8, 4) is 5.75 Å². The first-order valence-electron chi connectivity index (χ1n) is 5.59. The van der Waals surface area contributed by atoms with Gasteiger partial charge in [0.05, 0.1) is 10.6 Å². The van der Waals surface area contributed by atoms with E-state index in [0.717, 1.165) is 0 Å². The molecule has 2 rings (SSSR count). The van der Waals surface area contributed by atoms with Gasteiger partial charge in [-0.2, -0.15) is 13.2 Å². The highest BCUT2D eigenvalue weighted by Gasteiger charge is 2.34. The van der Waals surface area contributed by atoms with Crippen molar-refractivity contribution in [2.75, 3.05) is 5.32 Å². The van der Waals surface area contributed by atoms with E-state index in [9.17, 15) is 23.1 Å². The summed E-state index contributed by atoms with van der Waals surface area (Å²) in [5, 5.41) is 17.6. The van der Waals surface area contributed by atoms with Crippen molar-refractivity contribution in [3.05, 3.63) is 45.6 Å². The quantitative estimate of drug-likeness (QED) is 0.863. The molecule has 0 bridgehead atoms. The van der Waals surface area contributed by atoms with Crippen LogP contribution in [0.25, 0.3) is 0 Å². The Morgan fingerprint density at radius 2 is 1.86 bits per heavy atom. The first-order chi connectivity index (χ1) is 10.2. The Balaban J connectivity index is 2.27. The predicted octanol–water partition coefficient (Wildman–Crippen LogP) is 3.76. The Hall–Kier alpha value is -2.06.